The van der Waals surface area contributed by atoms with Crippen LogP contribution in [0.25, 0.3) is 0 Å². The second-order valence-corrected chi connectivity index (χ2v) is 17.2. The molecule has 1 heteroatoms. The van der Waals surface area contributed by atoms with Crippen molar-refractivity contribution < 1.29 is 0 Å². The zero-order valence-corrected chi connectivity index (χ0v) is 21.3. The Bertz CT molecular complexity index is 799. The summed E-state index contributed by atoms with van der Waals surface area (Å²) in [6, 6.07) is 12.2. The van der Waals surface area contributed by atoms with E-state index in [1.54, 1.807) is 69.5 Å². The highest BCUT2D eigenvalue weighted by Crippen LogP contribution is 2.84. The highest BCUT2D eigenvalue weighted by Gasteiger charge is 2.72. The van der Waals surface area contributed by atoms with E-state index in [0.717, 1.165) is 35.5 Å². The lowest BCUT2D eigenvalue weighted by molar-refractivity contribution is -0.0873. The summed E-state index contributed by atoms with van der Waals surface area (Å²) in [7, 11) is -0.180. The predicted molar refractivity (Wildman–Crippen MR) is 133 cm³/mol. The summed E-state index contributed by atoms with van der Waals surface area (Å²) < 4.78 is 0. The molecule has 0 N–H and O–H groups in total. The first-order valence-electron chi connectivity index (χ1n) is 13.6. The van der Waals surface area contributed by atoms with Crippen molar-refractivity contribution >= 4 is 13.2 Å². The van der Waals surface area contributed by atoms with Gasteiger partial charge in [0.15, 0.2) is 0 Å². The maximum Gasteiger partial charge on any atom is 0.000982 e. The van der Waals surface area contributed by atoms with Crippen LogP contribution >= 0.6 is 7.92 Å². The van der Waals surface area contributed by atoms with Crippen LogP contribution < -0.4 is 5.30 Å². The normalized spacial score (nSPS) is 51.2. The van der Waals surface area contributed by atoms with E-state index in [1.165, 1.54) is 0 Å². The summed E-state index contributed by atoms with van der Waals surface area (Å²) in [5.74, 6) is 6.13. The molecule has 0 radical (unpaired) electrons. The Hall–Kier alpha value is -0.350. The van der Waals surface area contributed by atoms with Crippen molar-refractivity contribution in [3.63, 3.8) is 0 Å². The van der Waals surface area contributed by atoms with Crippen LogP contribution in [-0.4, -0.2) is 10.3 Å². The van der Waals surface area contributed by atoms with Crippen LogP contribution in [0.15, 0.2) is 30.3 Å². The van der Waals surface area contributed by atoms with E-state index in [-0.39, 0.29) is 7.92 Å². The fourth-order valence-corrected chi connectivity index (χ4v) is 16.8. The van der Waals surface area contributed by atoms with Crippen LogP contribution in [0.5, 0.6) is 0 Å². The molecule has 8 aliphatic carbocycles. The topological polar surface area (TPSA) is 0 Å². The summed E-state index contributed by atoms with van der Waals surface area (Å²) in [5, 5.41) is 2.96. The zero-order valence-electron chi connectivity index (χ0n) is 20.4. The van der Waals surface area contributed by atoms with Crippen LogP contribution in [0.4, 0.5) is 0 Å². The summed E-state index contributed by atoms with van der Waals surface area (Å²) in [6.07, 6.45) is 15.6. The molecule has 0 spiro atoms. The maximum atomic E-state index is 2.75. The first-order valence-corrected chi connectivity index (χ1v) is 14.9. The van der Waals surface area contributed by atoms with Gasteiger partial charge in [0.2, 0.25) is 0 Å². The fourth-order valence-electron chi connectivity index (χ4n) is 11.3. The first kappa shape index (κ1) is 20.1. The van der Waals surface area contributed by atoms with Gasteiger partial charge in [-0.1, -0.05) is 65.9 Å². The molecule has 8 aliphatic rings. The molecule has 0 heterocycles. The second kappa shape index (κ2) is 6.20. The number of rotatable bonds is 3. The lowest BCUT2D eigenvalue weighted by Crippen LogP contribution is -2.68. The molecule has 8 fully saturated rings. The maximum absolute atomic E-state index is 2.75. The highest BCUT2D eigenvalue weighted by molar-refractivity contribution is 7.68. The highest BCUT2D eigenvalue weighted by atomic mass is 31.1. The average Bonchev–Trinajstić information content (AvgIpc) is 2.71. The summed E-state index contributed by atoms with van der Waals surface area (Å²) in [6.45, 7) is 11.0. The number of hydrogen-bond acceptors (Lipinski definition) is 0. The van der Waals surface area contributed by atoms with Crippen LogP contribution in [0, 0.1) is 46.3 Å². The minimum absolute atomic E-state index is 0.180. The SMILES string of the molecule is CC1(C)C2CC3CC(C2)CC1(P(c1ccccc1)C12CC4CC(CC(C4)C1(C)C)C2)C3. The smallest absolute Gasteiger partial charge is 0.000982 e. The molecule has 0 amide bonds. The third kappa shape index (κ3) is 2.38. The molecule has 0 aliphatic heterocycles. The lowest BCUT2D eigenvalue weighted by Gasteiger charge is -2.76. The third-order valence-corrected chi connectivity index (χ3v) is 17.0. The summed E-state index contributed by atoms with van der Waals surface area (Å²) in [4.78, 5) is 0. The van der Waals surface area contributed by atoms with Gasteiger partial charge in [0.25, 0.3) is 0 Å². The molecule has 1 aromatic rings. The van der Waals surface area contributed by atoms with Crippen LogP contribution in [-0.2, 0) is 0 Å². The molecular weight excluding hydrogens is 391 g/mol. The fraction of sp³-hybridized carbons (Fsp3) is 0.800. The Morgan fingerprint density at radius 1 is 0.581 bits per heavy atom. The van der Waals surface area contributed by atoms with Crippen molar-refractivity contribution in [1.29, 1.82) is 0 Å². The lowest BCUT2D eigenvalue weighted by atomic mass is 9.45. The molecule has 1 aromatic carbocycles. The standard InChI is InChI=1S/C30H43P/c1-27(2)24-12-20-10-21(13-24)17-29(27,16-20)31(26-8-6-5-7-9-26)30-18-22-11-23(19-30)15-25(14-22)28(30,3)4/h5-9,20-25H,10-19H2,1-4H3. The molecule has 31 heavy (non-hydrogen) atoms. The molecule has 0 aromatic heterocycles. The average molecular weight is 435 g/mol. The van der Waals surface area contributed by atoms with Gasteiger partial charge < -0.3 is 0 Å². The predicted octanol–water partition coefficient (Wildman–Crippen LogP) is 8.00. The Morgan fingerprint density at radius 2 is 0.968 bits per heavy atom. The van der Waals surface area contributed by atoms with Crippen LogP contribution in [0.2, 0.25) is 0 Å². The number of benzene rings is 1. The van der Waals surface area contributed by atoms with E-state index in [4.69, 9.17) is 0 Å². The molecule has 4 unspecified atom stereocenters. The molecule has 4 atom stereocenters. The minimum atomic E-state index is -0.180. The van der Waals surface area contributed by atoms with Crippen molar-refractivity contribution in [3.05, 3.63) is 30.3 Å². The first-order chi connectivity index (χ1) is 14.8. The molecule has 168 valence electrons. The van der Waals surface area contributed by atoms with Gasteiger partial charge in [-0.2, -0.15) is 0 Å². The van der Waals surface area contributed by atoms with Crippen molar-refractivity contribution in [1.82, 2.24) is 0 Å². The van der Waals surface area contributed by atoms with Gasteiger partial charge in [-0.3, -0.25) is 0 Å². The van der Waals surface area contributed by atoms with E-state index in [9.17, 15) is 0 Å². The van der Waals surface area contributed by atoms with Gasteiger partial charge in [0.05, 0.1) is 0 Å². The van der Waals surface area contributed by atoms with Crippen molar-refractivity contribution in [2.24, 2.45) is 46.3 Å². The second-order valence-electron chi connectivity index (χ2n) is 14.3. The number of hydrogen-bond donors (Lipinski definition) is 0. The van der Waals surface area contributed by atoms with Gasteiger partial charge in [0.1, 0.15) is 0 Å². The molecule has 0 nitrogen and oxygen atoms in total. The van der Waals surface area contributed by atoms with Gasteiger partial charge in [0, 0.05) is 10.3 Å². The summed E-state index contributed by atoms with van der Waals surface area (Å²) >= 11 is 0. The largest absolute Gasteiger partial charge is 0.0622 e. The molecule has 0 saturated heterocycles. The minimum Gasteiger partial charge on any atom is -0.0622 e. The quantitative estimate of drug-likeness (QED) is 0.423. The molecular formula is C30H43P. The van der Waals surface area contributed by atoms with Crippen molar-refractivity contribution in [2.45, 2.75) is 102 Å². The Morgan fingerprint density at radius 3 is 1.35 bits per heavy atom. The third-order valence-electron chi connectivity index (χ3n) is 12.6. The van der Waals surface area contributed by atoms with E-state index in [2.05, 4.69) is 58.0 Å². The van der Waals surface area contributed by atoms with E-state index >= 15 is 0 Å². The zero-order chi connectivity index (χ0) is 21.2. The summed E-state index contributed by atoms with van der Waals surface area (Å²) in [5.41, 5.74) is 1.03. The van der Waals surface area contributed by atoms with Gasteiger partial charge in [-0.25, -0.2) is 0 Å². The van der Waals surface area contributed by atoms with Crippen LogP contribution in [0.3, 0.4) is 0 Å². The van der Waals surface area contributed by atoms with Crippen molar-refractivity contribution in [2.75, 3.05) is 0 Å². The van der Waals surface area contributed by atoms with Crippen molar-refractivity contribution in [3.8, 4) is 0 Å². The Labute approximate surface area is 192 Å². The van der Waals surface area contributed by atoms with Crippen LogP contribution in [0.1, 0.15) is 91.9 Å². The van der Waals surface area contributed by atoms with Gasteiger partial charge in [-0.05, 0) is 116 Å². The molecule has 8 saturated carbocycles. The molecule has 9 rings (SSSR count). The van der Waals surface area contributed by atoms with E-state index < -0.39 is 0 Å². The van der Waals surface area contributed by atoms with E-state index in [1.807, 2.05) is 0 Å². The van der Waals surface area contributed by atoms with E-state index in [0.29, 0.717) is 21.1 Å². The molecule has 8 bridgehead atoms. The van der Waals surface area contributed by atoms with Gasteiger partial charge in [-0.15, -0.1) is 0 Å². The monoisotopic (exact) mass is 434 g/mol. The Kier molecular flexibility index (Phi) is 4.01. The van der Waals surface area contributed by atoms with Gasteiger partial charge >= 0.3 is 0 Å². The Balaban J connectivity index is 1.47.